The molecule has 0 spiro atoms. The minimum Gasteiger partial charge on any atom is -0.477 e. The first-order chi connectivity index (χ1) is 11.1. The zero-order valence-electron chi connectivity index (χ0n) is 13.3. The lowest BCUT2D eigenvalue weighted by Gasteiger charge is -2.17. The molecule has 0 unspecified atom stereocenters. The van der Waals surface area contributed by atoms with Crippen molar-refractivity contribution in [3.63, 3.8) is 0 Å². The first kappa shape index (κ1) is 15.7. The molecular formula is C15H18N4O3S. The van der Waals surface area contributed by atoms with Crippen LogP contribution < -0.4 is 9.47 Å². The lowest BCUT2D eigenvalue weighted by molar-refractivity contribution is 0.0774. The number of thiazole rings is 1. The van der Waals surface area contributed by atoms with Crippen molar-refractivity contribution in [2.24, 2.45) is 0 Å². The summed E-state index contributed by atoms with van der Waals surface area (Å²) < 4.78 is 11.0. The fraction of sp³-hybridized carbons (Fsp3) is 0.467. The molecule has 0 aliphatic carbocycles. The van der Waals surface area contributed by atoms with Crippen molar-refractivity contribution in [1.29, 1.82) is 0 Å². The van der Waals surface area contributed by atoms with Crippen LogP contribution in [0.1, 0.15) is 26.8 Å². The van der Waals surface area contributed by atoms with E-state index in [1.54, 1.807) is 17.3 Å². The molecular weight excluding hydrogens is 316 g/mol. The van der Waals surface area contributed by atoms with Gasteiger partial charge in [-0.1, -0.05) is 0 Å². The Hall–Kier alpha value is -2.22. The smallest absolute Gasteiger partial charge is 0.278 e. The lowest BCUT2D eigenvalue weighted by Crippen LogP contribution is -2.31. The number of hydrogen-bond acceptors (Lipinski definition) is 7. The van der Waals surface area contributed by atoms with E-state index in [0.717, 1.165) is 17.1 Å². The van der Waals surface area contributed by atoms with Gasteiger partial charge in [-0.15, -0.1) is 11.3 Å². The van der Waals surface area contributed by atoms with E-state index in [4.69, 9.17) is 9.47 Å². The first-order valence-corrected chi connectivity index (χ1v) is 8.15. The summed E-state index contributed by atoms with van der Waals surface area (Å²) in [6, 6.07) is 0. The van der Waals surface area contributed by atoms with E-state index in [-0.39, 0.29) is 12.0 Å². The molecule has 0 N–H and O–H groups in total. The third-order valence-electron chi connectivity index (χ3n) is 3.63. The van der Waals surface area contributed by atoms with Crippen LogP contribution in [0.4, 0.5) is 0 Å². The van der Waals surface area contributed by atoms with Crippen LogP contribution in [0.25, 0.3) is 0 Å². The molecule has 0 radical (unpaired) electrons. The molecule has 2 aromatic heterocycles. The van der Waals surface area contributed by atoms with Crippen molar-refractivity contribution in [3.8, 4) is 11.8 Å². The number of aryl methyl sites for hydroxylation is 2. The molecule has 1 aliphatic heterocycles. The number of hydrogen-bond donors (Lipinski definition) is 0. The number of carbonyl (C=O) groups excluding carboxylic acids is 1. The molecule has 2 aromatic rings. The summed E-state index contributed by atoms with van der Waals surface area (Å²) in [4.78, 5) is 27.6. The van der Waals surface area contributed by atoms with E-state index < -0.39 is 0 Å². The number of methoxy groups -OCH3 is 1. The molecule has 0 saturated carbocycles. The average Bonchev–Trinajstić information content (AvgIpc) is 3.13. The summed E-state index contributed by atoms with van der Waals surface area (Å²) in [5.41, 5.74) is 0.789. The predicted octanol–water partition coefficient (Wildman–Crippen LogP) is 1.85. The molecule has 122 valence electrons. The predicted molar refractivity (Wildman–Crippen MR) is 85.1 cm³/mol. The van der Waals surface area contributed by atoms with Gasteiger partial charge in [0.15, 0.2) is 0 Å². The third kappa shape index (κ3) is 3.26. The number of ether oxygens (including phenoxy) is 2. The van der Waals surface area contributed by atoms with Gasteiger partial charge in [0.25, 0.3) is 17.7 Å². The fourth-order valence-corrected chi connectivity index (χ4v) is 3.46. The number of nitrogens with zero attached hydrogens (tertiary/aromatic N) is 4. The van der Waals surface area contributed by atoms with Crippen LogP contribution in [0.2, 0.25) is 0 Å². The molecule has 1 atom stereocenters. The van der Waals surface area contributed by atoms with E-state index in [0.29, 0.717) is 29.7 Å². The Morgan fingerprint density at radius 2 is 2.04 bits per heavy atom. The SMILES string of the molecule is COc1nccnc1O[C@@H]1CCN(C(=O)c2sc(C)nc2C)C1. The second-order valence-corrected chi connectivity index (χ2v) is 6.50. The highest BCUT2D eigenvalue weighted by Gasteiger charge is 2.31. The highest BCUT2D eigenvalue weighted by molar-refractivity contribution is 7.13. The van der Waals surface area contributed by atoms with E-state index in [2.05, 4.69) is 15.0 Å². The fourth-order valence-electron chi connectivity index (χ4n) is 2.57. The summed E-state index contributed by atoms with van der Waals surface area (Å²) in [7, 11) is 1.52. The van der Waals surface area contributed by atoms with Crippen LogP contribution in [0.5, 0.6) is 11.8 Å². The van der Waals surface area contributed by atoms with Crippen molar-refractivity contribution in [1.82, 2.24) is 19.9 Å². The number of carbonyl (C=O) groups is 1. The van der Waals surface area contributed by atoms with Gasteiger partial charge >= 0.3 is 0 Å². The average molecular weight is 334 g/mol. The number of likely N-dealkylation sites (tertiary alicyclic amines) is 1. The second-order valence-electron chi connectivity index (χ2n) is 5.30. The van der Waals surface area contributed by atoms with Gasteiger partial charge in [-0.2, -0.15) is 0 Å². The van der Waals surface area contributed by atoms with Crippen molar-refractivity contribution in [2.75, 3.05) is 20.2 Å². The summed E-state index contributed by atoms with van der Waals surface area (Å²) >= 11 is 1.44. The first-order valence-electron chi connectivity index (χ1n) is 7.33. The van der Waals surface area contributed by atoms with Crippen molar-refractivity contribution in [3.05, 3.63) is 28.0 Å². The maximum absolute atomic E-state index is 12.6. The van der Waals surface area contributed by atoms with Gasteiger partial charge in [-0.25, -0.2) is 15.0 Å². The largest absolute Gasteiger partial charge is 0.477 e. The van der Waals surface area contributed by atoms with E-state index in [1.807, 2.05) is 13.8 Å². The Kier molecular flexibility index (Phi) is 4.42. The standard InChI is InChI=1S/C15H18N4O3S/c1-9-12(23-10(2)18-9)15(20)19-7-4-11(8-19)22-14-13(21-3)16-5-6-17-14/h5-6,11H,4,7-8H2,1-3H3/t11-/m1/s1. The molecule has 3 heterocycles. The van der Waals surface area contributed by atoms with Crippen LogP contribution in [-0.4, -0.2) is 52.1 Å². The monoisotopic (exact) mass is 334 g/mol. The number of amides is 1. The minimum atomic E-state index is -0.112. The molecule has 0 aromatic carbocycles. The summed E-state index contributed by atoms with van der Waals surface area (Å²) in [6.45, 7) is 4.95. The highest BCUT2D eigenvalue weighted by Crippen LogP contribution is 2.26. The van der Waals surface area contributed by atoms with Crippen LogP contribution in [0.3, 0.4) is 0 Å². The molecule has 1 amide bonds. The van der Waals surface area contributed by atoms with Gasteiger partial charge in [0.1, 0.15) is 11.0 Å². The molecule has 8 heteroatoms. The topological polar surface area (TPSA) is 77.4 Å². The highest BCUT2D eigenvalue weighted by atomic mass is 32.1. The van der Waals surface area contributed by atoms with Gasteiger partial charge in [-0.05, 0) is 13.8 Å². The van der Waals surface area contributed by atoms with E-state index in [1.165, 1.54) is 18.4 Å². The maximum atomic E-state index is 12.6. The normalized spacial score (nSPS) is 17.3. The van der Waals surface area contributed by atoms with Gasteiger partial charge < -0.3 is 14.4 Å². The van der Waals surface area contributed by atoms with Gasteiger partial charge in [0, 0.05) is 25.4 Å². The van der Waals surface area contributed by atoms with Crippen LogP contribution in [0.15, 0.2) is 12.4 Å². The van der Waals surface area contributed by atoms with Gasteiger partial charge in [0.2, 0.25) is 0 Å². The molecule has 1 aliphatic rings. The number of rotatable bonds is 4. The Balaban J connectivity index is 1.66. The maximum Gasteiger partial charge on any atom is 0.278 e. The second kappa shape index (κ2) is 6.49. The van der Waals surface area contributed by atoms with E-state index in [9.17, 15) is 4.79 Å². The Morgan fingerprint density at radius 3 is 2.70 bits per heavy atom. The number of aromatic nitrogens is 3. The lowest BCUT2D eigenvalue weighted by atomic mass is 10.3. The molecule has 1 saturated heterocycles. The Bertz CT molecular complexity index is 718. The molecule has 0 bridgehead atoms. The van der Waals surface area contributed by atoms with Crippen molar-refractivity contribution < 1.29 is 14.3 Å². The Morgan fingerprint density at radius 1 is 1.30 bits per heavy atom. The zero-order valence-corrected chi connectivity index (χ0v) is 14.1. The van der Waals surface area contributed by atoms with E-state index >= 15 is 0 Å². The van der Waals surface area contributed by atoms with Gasteiger partial charge in [-0.3, -0.25) is 4.79 Å². The molecule has 3 rings (SSSR count). The summed E-state index contributed by atoms with van der Waals surface area (Å²) in [6.07, 6.45) is 3.74. The zero-order chi connectivity index (χ0) is 16.4. The quantitative estimate of drug-likeness (QED) is 0.849. The third-order valence-corrected chi connectivity index (χ3v) is 4.70. The minimum absolute atomic E-state index is 0.0188. The molecule has 7 nitrogen and oxygen atoms in total. The van der Waals surface area contributed by atoms with Crippen LogP contribution in [0, 0.1) is 13.8 Å². The Labute approximate surface area is 138 Å². The molecule has 1 fully saturated rings. The van der Waals surface area contributed by atoms with Gasteiger partial charge in [0.05, 0.1) is 24.4 Å². The van der Waals surface area contributed by atoms with Crippen molar-refractivity contribution >= 4 is 17.2 Å². The molecule has 23 heavy (non-hydrogen) atoms. The van der Waals surface area contributed by atoms with Crippen LogP contribution >= 0.6 is 11.3 Å². The van der Waals surface area contributed by atoms with Crippen molar-refractivity contribution in [2.45, 2.75) is 26.4 Å². The summed E-state index contributed by atoms with van der Waals surface area (Å²) in [5.74, 6) is 0.732. The van der Waals surface area contributed by atoms with Crippen LogP contribution in [-0.2, 0) is 0 Å². The summed E-state index contributed by atoms with van der Waals surface area (Å²) in [5, 5.41) is 0.905.